The summed E-state index contributed by atoms with van der Waals surface area (Å²) in [5.41, 5.74) is 0.209. The van der Waals surface area contributed by atoms with Gasteiger partial charge in [0.25, 0.3) is 0 Å². The minimum atomic E-state index is -0.935. The van der Waals surface area contributed by atoms with E-state index in [4.69, 9.17) is 20.4 Å². The molecule has 3 aliphatic rings. The van der Waals surface area contributed by atoms with Crippen molar-refractivity contribution < 1.29 is 30.0 Å². The van der Waals surface area contributed by atoms with Crippen molar-refractivity contribution in [2.24, 2.45) is 5.41 Å². The molecule has 4 N–H and O–H groups in total. The van der Waals surface area contributed by atoms with E-state index in [9.17, 15) is 9.59 Å². The topological polar surface area (TPSA) is 115 Å². The Morgan fingerprint density at radius 1 is 0.514 bits per heavy atom. The van der Waals surface area contributed by atoms with E-state index in [2.05, 4.69) is 13.2 Å². The minimum absolute atomic E-state index is 0.142. The van der Waals surface area contributed by atoms with Gasteiger partial charge >= 0.3 is 11.9 Å². The summed E-state index contributed by atoms with van der Waals surface area (Å²) in [7, 11) is 0. The van der Waals surface area contributed by atoms with Crippen LogP contribution in [0.2, 0.25) is 0 Å². The van der Waals surface area contributed by atoms with Crippen LogP contribution in [0.25, 0.3) is 0 Å². The quantitative estimate of drug-likeness (QED) is 0.217. The molecule has 0 aliphatic heterocycles. The zero-order valence-corrected chi connectivity index (χ0v) is 24.1. The number of aliphatic hydroxyl groups excluding tert-OH is 2. The SMILES string of the molecule is C1CCCCCC1.C1CCCCCC1.C=C(C)C(=O)O.C=C(C)C(=O)O.OCC1(CO)CCCCCC1. The summed E-state index contributed by atoms with van der Waals surface area (Å²) in [5, 5.41) is 34.0. The Hall–Kier alpha value is -1.66. The zero-order valence-electron chi connectivity index (χ0n) is 24.1. The molecule has 0 saturated heterocycles. The lowest BCUT2D eigenvalue weighted by Gasteiger charge is -2.27. The zero-order chi connectivity index (χ0) is 28.4. The second-order valence-corrected chi connectivity index (χ2v) is 10.9. The average Bonchev–Trinajstić information content (AvgIpc) is 3.44. The molecule has 0 spiro atoms. The van der Waals surface area contributed by atoms with Crippen LogP contribution in [0.15, 0.2) is 24.3 Å². The van der Waals surface area contributed by atoms with Gasteiger partial charge in [0.1, 0.15) is 0 Å². The van der Waals surface area contributed by atoms with Gasteiger partial charge in [0.2, 0.25) is 0 Å². The van der Waals surface area contributed by atoms with Crippen molar-refractivity contribution in [3.8, 4) is 0 Å². The normalized spacial score (nSPS) is 18.8. The van der Waals surface area contributed by atoms with Gasteiger partial charge < -0.3 is 20.4 Å². The molecule has 0 unspecified atom stereocenters. The average molecular weight is 527 g/mol. The highest BCUT2D eigenvalue weighted by Crippen LogP contribution is 2.33. The Labute approximate surface area is 227 Å². The van der Waals surface area contributed by atoms with Crippen LogP contribution in [0.4, 0.5) is 0 Å². The number of rotatable bonds is 4. The highest BCUT2D eigenvalue weighted by molar-refractivity contribution is 5.85. The van der Waals surface area contributed by atoms with Crippen molar-refractivity contribution >= 4 is 11.9 Å². The van der Waals surface area contributed by atoms with E-state index < -0.39 is 11.9 Å². The molecule has 0 bridgehead atoms. The summed E-state index contributed by atoms with van der Waals surface area (Å²) >= 11 is 0. The molecule has 3 saturated carbocycles. The summed E-state index contributed by atoms with van der Waals surface area (Å²) in [4.78, 5) is 19.2. The molecule has 0 amide bonds. The largest absolute Gasteiger partial charge is 0.478 e. The first-order chi connectivity index (χ1) is 17.6. The Balaban J connectivity index is 0. The van der Waals surface area contributed by atoms with Crippen LogP contribution in [-0.4, -0.2) is 45.6 Å². The molecule has 37 heavy (non-hydrogen) atoms. The second-order valence-electron chi connectivity index (χ2n) is 10.9. The highest BCUT2D eigenvalue weighted by Gasteiger charge is 2.29. The monoisotopic (exact) mass is 526 g/mol. The van der Waals surface area contributed by atoms with Gasteiger partial charge in [-0.1, -0.05) is 129 Å². The van der Waals surface area contributed by atoms with E-state index in [0.717, 1.165) is 12.8 Å². The van der Waals surface area contributed by atoms with Crippen LogP contribution in [-0.2, 0) is 9.59 Å². The highest BCUT2D eigenvalue weighted by atomic mass is 16.4. The smallest absolute Gasteiger partial charge is 0.330 e. The first-order valence-electron chi connectivity index (χ1n) is 14.6. The van der Waals surface area contributed by atoms with Gasteiger partial charge in [0, 0.05) is 16.6 Å². The van der Waals surface area contributed by atoms with Crippen molar-refractivity contribution in [1.29, 1.82) is 0 Å². The summed E-state index contributed by atoms with van der Waals surface area (Å²) < 4.78 is 0. The van der Waals surface area contributed by atoms with Crippen molar-refractivity contribution in [2.45, 2.75) is 142 Å². The van der Waals surface area contributed by atoms with E-state index in [-0.39, 0.29) is 29.8 Å². The number of aliphatic carboxylic acids is 2. The molecule has 3 fully saturated rings. The Kier molecular flexibility index (Phi) is 26.3. The van der Waals surface area contributed by atoms with Crippen LogP contribution in [0, 0.1) is 5.41 Å². The molecule has 0 radical (unpaired) electrons. The third kappa shape index (κ3) is 25.8. The van der Waals surface area contributed by atoms with E-state index in [0.29, 0.717) is 0 Å². The fourth-order valence-corrected chi connectivity index (χ4v) is 4.32. The van der Waals surface area contributed by atoms with Crippen molar-refractivity contribution in [2.75, 3.05) is 13.2 Å². The first kappa shape index (κ1) is 37.5. The van der Waals surface area contributed by atoms with Crippen LogP contribution >= 0.6 is 0 Å². The molecule has 6 nitrogen and oxygen atoms in total. The fraction of sp³-hybridized carbons (Fsp3) is 0.806. The molecule has 0 aromatic rings. The van der Waals surface area contributed by atoms with E-state index in [1.54, 1.807) is 0 Å². The third-order valence-corrected chi connectivity index (χ3v) is 7.07. The molecule has 3 rings (SSSR count). The summed E-state index contributed by atoms with van der Waals surface area (Å²) in [6.07, 6.45) is 27.9. The van der Waals surface area contributed by atoms with Crippen LogP contribution in [0.3, 0.4) is 0 Å². The molecular formula is C31H58O6. The van der Waals surface area contributed by atoms with Crippen LogP contribution in [0.5, 0.6) is 0 Å². The standard InChI is InChI=1S/C9H18O2.2C7H14.2C4H6O2/c10-7-9(8-11)5-3-1-2-4-6-9;2*1-2-4-6-7-5-3-1;2*1-3(2)4(5)6/h10-11H,1-8H2;2*1-7H2;2*1H2,2H3,(H,5,6). The number of carboxylic acids is 2. The molecule has 0 atom stereocenters. The molecule has 0 aromatic heterocycles. The maximum atomic E-state index is 9.60. The summed E-state index contributed by atoms with van der Waals surface area (Å²) in [6.45, 7) is 9.52. The molecule has 218 valence electrons. The summed E-state index contributed by atoms with van der Waals surface area (Å²) in [5.74, 6) is -1.87. The molecular weight excluding hydrogens is 468 g/mol. The van der Waals surface area contributed by atoms with E-state index >= 15 is 0 Å². The van der Waals surface area contributed by atoms with Crippen LogP contribution < -0.4 is 0 Å². The maximum Gasteiger partial charge on any atom is 0.330 e. The Bertz CT molecular complexity index is 483. The number of hydrogen-bond donors (Lipinski definition) is 4. The van der Waals surface area contributed by atoms with Gasteiger partial charge in [-0.2, -0.15) is 0 Å². The second kappa shape index (κ2) is 26.0. The van der Waals surface area contributed by atoms with Gasteiger partial charge in [-0.3, -0.25) is 0 Å². The maximum absolute atomic E-state index is 9.60. The molecule has 6 heteroatoms. The van der Waals surface area contributed by atoms with Crippen molar-refractivity contribution in [3.63, 3.8) is 0 Å². The van der Waals surface area contributed by atoms with Gasteiger partial charge in [-0.25, -0.2) is 9.59 Å². The van der Waals surface area contributed by atoms with Crippen LogP contribution in [0.1, 0.15) is 142 Å². The Morgan fingerprint density at radius 2 is 0.676 bits per heavy atom. The number of carbonyl (C=O) groups is 2. The lowest BCUT2D eigenvalue weighted by atomic mass is 9.82. The number of aliphatic hydroxyl groups is 2. The molecule has 0 aromatic carbocycles. The van der Waals surface area contributed by atoms with Gasteiger partial charge in [0.15, 0.2) is 0 Å². The predicted molar refractivity (Wildman–Crippen MR) is 154 cm³/mol. The molecule has 3 aliphatic carbocycles. The number of hydrogen-bond acceptors (Lipinski definition) is 4. The van der Waals surface area contributed by atoms with Gasteiger partial charge in [0.05, 0.1) is 13.2 Å². The van der Waals surface area contributed by atoms with Gasteiger partial charge in [-0.15, -0.1) is 0 Å². The van der Waals surface area contributed by atoms with Gasteiger partial charge in [-0.05, 0) is 26.7 Å². The first-order valence-corrected chi connectivity index (χ1v) is 14.6. The summed E-state index contributed by atoms with van der Waals surface area (Å²) in [6, 6.07) is 0. The lowest BCUT2D eigenvalue weighted by Crippen LogP contribution is -2.28. The van der Waals surface area contributed by atoms with E-state index in [1.165, 1.54) is 129 Å². The lowest BCUT2D eigenvalue weighted by molar-refractivity contribution is -0.133. The molecule has 0 heterocycles. The van der Waals surface area contributed by atoms with E-state index in [1.807, 2.05) is 0 Å². The minimum Gasteiger partial charge on any atom is -0.478 e. The predicted octanol–water partition coefficient (Wildman–Crippen LogP) is 8.07. The van der Waals surface area contributed by atoms with Crippen molar-refractivity contribution in [3.05, 3.63) is 24.3 Å². The van der Waals surface area contributed by atoms with Crippen molar-refractivity contribution in [1.82, 2.24) is 0 Å². The number of carboxylic acid groups (broad SMARTS) is 2. The Morgan fingerprint density at radius 3 is 0.811 bits per heavy atom. The third-order valence-electron chi connectivity index (χ3n) is 7.07. The fourth-order valence-electron chi connectivity index (χ4n) is 4.32.